The number of benzene rings is 2. The van der Waals surface area contributed by atoms with E-state index >= 15 is 0 Å². The predicted octanol–water partition coefficient (Wildman–Crippen LogP) is 3.36. The molecule has 21 heavy (non-hydrogen) atoms. The molecule has 1 amide bonds. The number of aryl methyl sites for hydroxylation is 2. The number of carbonyl (C=O) groups is 1. The van der Waals surface area contributed by atoms with E-state index in [2.05, 4.69) is 10.6 Å². The number of rotatable bonds is 2. The Morgan fingerprint density at radius 1 is 1.14 bits per heavy atom. The molecule has 1 aliphatic heterocycles. The van der Waals surface area contributed by atoms with Crippen LogP contribution in [0.5, 0.6) is 5.75 Å². The molecule has 0 saturated carbocycles. The van der Waals surface area contributed by atoms with Gasteiger partial charge in [-0.05, 0) is 37.1 Å². The summed E-state index contributed by atoms with van der Waals surface area (Å²) in [4.78, 5) is 12.6. The minimum atomic E-state index is -0.145. The van der Waals surface area contributed by atoms with Crippen LogP contribution in [0.2, 0.25) is 0 Å². The number of hydrogen-bond acceptors (Lipinski definition) is 3. The molecule has 1 heterocycles. The molecular formula is C17H18N2O2. The Bertz CT molecular complexity index is 675. The molecule has 2 aromatic rings. The summed E-state index contributed by atoms with van der Waals surface area (Å²) in [6.45, 7) is 5.30. The van der Waals surface area contributed by atoms with Gasteiger partial charge in [0.15, 0.2) is 5.75 Å². The van der Waals surface area contributed by atoms with Gasteiger partial charge in [-0.1, -0.05) is 24.3 Å². The maximum absolute atomic E-state index is 12.6. The highest BCUT2D eigenvalue weighted by Gasteiger charge is 2.19. The molecule has 1 aliphatic rings. The number of anilines is 2. The SMILES string of the molecule is Cc1cccc(C)c1NC(=O)c1cccc2c1OCCN2. The van der Waals surface area contributed by atoms with E-state index in [4.69, 9.17) is 4.74 Å². The molecule has 2 aromatic carbocycles. The number of nitrogens with one attached hydrogen (secondary N) is 2. The molecule has 0 unspecified atom stereocenters. The first-order chi connectivity index (χ1) is 10.2. The van der Waals surface area contributed by atoms with Gasteiger partial charge in [-0.3, -0.25) is 4.79 Å². The summed E-state index contributed by atoms with van der Waals surface area (Å²) in [6.07, 6.45) is 0. The van der Waals surface area contributed by atoms with Crippen LogP contribution in [0.1, 0.15) is 21.5 Å². The van der Waals surface area contributed by atoms with Crippen LogP contribution in [0.4, 0.5) is 11.4 Å². The molecule has 0 bridgehead atoms. The van der Waals surface area contributed by atoms with Gasteiger partial charge in [0.2, 0.25) is 0 Å². The van der Waals surface area contributed by atoms with Gasteiger partial charge in [0, 0.05) is 12.2 Å². The van der Waals surface area contributed by atoms with Crippen molar-refractivity contribution in [3.05, 3.63) is 53.1 Å². The molecule has 108 valence electrons. The molecule has 0 fully saturated rings. The molecule has 0 aliphatic carbocycles. The maximum atomic E-state index is 12.6. The third-order valence-electron chi connectivity index (χ3n) is 3.64. The van der Waals surface area contributed by atoms with Crippen molar-refractivity contribution >= 4 is 17.3 Å². The Kier molecular flexibility index (Phi) is 3.52. The number of amides is 1. The van der Waals surface area contributed by atoms with E-state index in [-0.39, 0.29) is 5.91 Å². The summed E-state index contributed by atoms with van der Waals surface area (Å²) in [5.74, 6) is 0.487. The van der Waals surface area contributed by atoms with Gasteiger partial charge >= 0.3 is 0 Å². The van der Waals surface area contributed by atoms with Crippen LogP contribution < -0.4 is 15.4 Å². The second kappa shape index (κ2) is 5.48. The van der Waals surface area contributed by atoms with Crippen molar-refractivity contribution < 1.29 is 9.53 Å². The zero-order valence-corrected chi connectivity index (χ0v) is 12.2. The van der Waals surface area contributed by atoms with Crippen molar-refractivity contribution in [2.45, 2.75) is 13.8 Å². The third-order valence-corrected chi connectivity index (χ3v) is 3.64. The molecule has 0 atom stereocenters. The highest BCUT2D eigenvalue weighted by Crippen LogP contribution is 2.32. The first-order valence-corrected chi connectivity index (χ1v) is 7.04. The Hall–Kier alpha value is -2.49. The normalized spacial score (nSPS) is 12.9. The summed E-state index contributed by atoms with van der Waals surface area (Å²) >= 11 is 0. The van der Waals surface area contributed by atoms with Crippen LogP contribution in [-0.2, 0) is 0 Å². The van der Waals surface area contributed by atoms with Crippen molar-refractivity contribution in [2.75, 3.05) is 23.8 Å². The van der Waals surface area contributed by atoms with Gasteiger partial charge in [0.25, 0.3) is 5.91 Å². The Morgan fingerprint density at radius 2 is 1.86 bits per heavy atom. The number of fused-ring (bicyclic) bond motifs is 1. The summed E-state index contributed by atoms with van der Waals surface area (Å²) in [5, 5.41) is 6.24. The summed E-state index contributed by atoms with van der Waals surface area (Å²) in [5.41, 5.74) is 4.39. The van der Waals surface area contributed by atoms with Gasteiger partial charge in [-0.15, -0.1) is 0 Å². The summed E-state index contributed by atoms with van der Waals surface area (Å²) < 4.78 is 5.65. The van der Waals surface area contributed by atoms with Crippen LogP contribution in [0, 0.1) is 13.8 Å². The molecular weight excluding hydrogens is 264 g/mol. The zero-order valence-electron chi connectivity index (χ0n) is 12.2. The molecule has 0 radical (unpaired) electrons. The van der Waals surface area contributed by atoms with Crippen molar-refractivity contribution in [2.24, 2.45) is 0 Å². The largest absolute Gasteiger partial charge is 0.489 e. The fourth-order valence-corrected chi connectivity index (χ4v) is 2.54. The van der Waals surface area contributed by atoms with E-state index in [0.717, 1.165) is 29.0 Å². The number of para-hydroxylation sites is 2. The van der Waals surface area contributed by atoms with E-state index in [9.17, 15) is 4.79 Å². The molecule has 0 aromatic heterocycles. The smallest absolute Gasteiger partial charge is 0.259 e. The molecule has 2 N–H and O–H groups in total. The van der Waals surface area contributed by atoms with Crippen molar-refractivity contribution in [1.29, 1.82) is 0 Å². The lowest BCUT2D eigenvalue weighted by Crippen LogP contribution is -2.22. The van der Waals surface area contributed by atoms with Gasteiger partial charge in [0.05, 0.1) is 11.3 Å². The quantitative estimate of drug-likeness (QED) is 0.888. The highest BCUT2D eigenvalue weighted by molar-refractivity contribution is 6.08. The number of ether oxygens (including phenoxy) is 1. The molecule has 4 heteroatoms. The monoisotopic (exact) mass is 282 g/mol. The van der Waals surface area contributed by atoms with Gasteiger partial charge in [0.1, 0.15) is 6.61 Å². The van der Waals surface area contributed by atoms with Gasteiger partial charge in [-0.2, -0.15) is 0 Å². The second-order valence-corrected chi connectivity index (χ2v) is 5.18. The highest BCUT2D eigenvalue weighted by atomic mass is 16.5. The lowest BCUT2D eigenvalue weighted by Gasteiger charge is -2.21. The number of hydrogen-bond donors (Lipinski definition) is 2. The first kappa shape index (κ1) is 13.5. The lowest BCUT2D eigenvalue weighted by atomic mass is 10.1. The zero-order chi connectivity index (χ0) is 14.8. The van der Waals surface area contributed by atoms with E-state index in [0.29, 0.717) is 17.9 Å². The van der Waals surface area contributed by atoms with Crippen LogP contribution in [-0.4, -0.2) is 19.1 Å². The van der Waals surface area contributed by atoms with E-state index < -0.39 is 0 Å². The van der Waals surface area contributed by atoms with E-state index in [1.165, 1.54) is 0 Å². The Morgan fingerprint density at radius 3 is 2.62 bits per heavy atom. The topological polar surface area (TPSA) is 50.4 Å². The van der Waals surface area contributed by atoms with E-state index in [1.807, 2.05) is 44.2 Å². The van der Waals surface area contributed by atoms with Gasteiger partial charge in [-0.25, -0.2) is 0 Å². The van der Waals surface area contributed by atoms with Crippen molar-refractivity contribution in [1.82, 2.24) is 0 Å². The first-order valence-electron chi connectivity index (χ1n) is 7.04. The fourth-order valence-electron chi connectivity index (χ4n) is 2.54. The lowest BCUT2D eigenvalue weighted by molar-refractivity contribution is 0.102. The fraction of sp³-hybridized carbons (Fsp3) is 0.235. The molecule has 0 saturated heterocycles. The van der Waals surface area contributed by atoms with Gasteiger partial charge < -0.3 is 15.4 Å². The maximum Gasteiger partial charge on any atom is 0.259 e. The average Bonchev–Trinajstić information content (AvgIpc) is 2.50. The molecule has 0 spiro atoms. The summed E-state index contributed by atoms with van der Waals surface area (Å²) in [6, 6.07) is 11.5. The summed E-state index contributed by atoms with van der Waals surface area (Å²) in [7, 11) is 0. The minimum absolute atomic E-state index is 0.145. The van der Waals surface area contributed by atoms with E-state index in [1.54, 1.807) is 6.07 Å². The second-order valence-electron chi connectivity index (χ2n) is 5.18. The van der Waals surface area contributed by atoms with Crippen LogP contribution in [0.25, 0.3) is 0 Å². The standard InChI is InChI=1S/C17H18N2O2/c1-11-5-3-6-12(2)15(11)19-17(20)13-7-4-8-14-16(13)21-10-9-18-14/h3-8,18H,9-10H2,1-2H3,(H,19,20). The third kappa shape index (κ3) is 2.57. The van der Waals surface area contributed by atoms with Crippen molar-refractivity contribution in [3.8, 4) is 5.75 Å². The molecule has 4 nitrogen and oxygen atoms in total. The van der Waals surface area contributed by atoms with Crippen LogP contribution in [0.3, 0.4) is 0 Å². The van der Waals surface area contributed by atoms with Crippen LogP contribution >= 0.6 is 0 Å². The number of carbonyl (C=O) groups excluding carboxylic acids is 1. The predicted molar refractivity (Wildman–Crippen MR) is 84.3 cm³/mol. The Labute approximate surface area is 124 Å². The average molecular weight is 282 g/mol. The Balaban J connectivity index is 1.93. The molecule has 3 rings (SSSR count). The van der Waals surface area contributed by atoms with Crippen molar-refractivity contribution in [3.63, 3.8) is 0 Å². The minimum Gasteiger partial charge on any atom is -0.489 e. The van der Waals surface area contributed by atoms with Crippen LogP contribution in [0.15, 0.2) is 36.4 Å².